The molecule has 3 N–H and O–H groups in total. The third-order valence-corrected chi connectivity index (χ3v) is 6.34. The molecule has 3 heterocycles. The monoisotopic (exact) mass is 522 g/mol. The lowest BCUT2D eigenvalue weighted by Crippen LogP contribution is -2.34. The highest BCUT2D eigenvalue weighted by Gasteiger charge is 2.35. The van der Waals surface area contributed by atoms with Crippen LogP contribution in [0, 0.1) is 0 Å². The summed E-state index contributed by atoms with van der Waals surface area (Å²) in [5.74, 6) is -0.341. The van der Waals surface area contributed by atoms with Gasteiger partial charge in [0, 0.05) is 51.2 Å². The fraction of sp³-hybridized carbons (Fsp3) is 0.560. The van der Waals surface area contributed by atoms with E-state index < -0.39 is 11.7 Å². The van der Waals surface area contributed by atoms with E-state index in [9.17, 15) is 18.0 Å². The summed E-state index contributed by atoms with van der Waals surface area (Å²) in [6.45, 7) is 5.99. The molecule has 2 aliphatic rings. The minimum atomic E-state index is -4.61. The van der Waals surface area contributed by atoms with Crippen molar-refractivity contribution in [2.45, 2.75) is 38.5 Å². The summed E-state index contributed by atoms with van der Waals surface area (Å²) in [5.41, 5.74) is 1.81. The number of alkyl halides is 3. The van der Waals surface area contributed by atoms with Crippen LogP contribution in [-0.2, 0) is 26.9 Å². The summed E-state index contributed by atoms with van der Waals surface area (Å²) in [7, 11) is 0. The van der Waals surface area contributed by atoms with Crippen LogP contribution in [0.5, 0.6) is 0 Å². The zero-order valence-corrected chi connectivity index (χ0v) is 20.9. The molecular formula is C25H33F3N6O3. The number of ether oxygens (including phenoxy) is 2. The van der Waals surface area contributed by atoms with Gasteiger partial charge in [-0.3, -0.25) is 4.79 Å². The second kappa shape index (κ2) is 12.5. The predicted octanol–water partition coefficient (Wildman–Crippen LogP) is 3.51. The Balaban J connectivity index is 1.44. The van der Waals surface area contributed by atoms with E-state index in [-0.39, 0.29) is 36.9 Å². The lowest BCUT2D eigenvalue weighted by atomic mass is 10.0. The normalized spacial score (nSPS) is 19.0. The highest BCUT2D eigenvalue weighted by molar-refractivity contribution is 5.77. The zero-order valence-electron chi connectivity index (χ0n) is 20.9. The number of benzene rings is 1. The predicted molar refractivity (Wildman–Crippen MR) is 133 cm³/mol. The molecule has 2 saturated heterocycles. The van der Waals surface area contributed by atoms with Gasteiger partial charge >= 0.3 is 6.18 Å². The molecule has 1 atom stereocenters. The van der Waals surface area contributed by atoms with Gasteiger partial charge in [-0.2, -0.15) is 18.2 Å². The van der Waals surface area contributed by atoms with Crippen LogP contribution in [0.15, 0.2) is 24.4 Å². The van der Waals surface area contributed by atoms with Gasteiger partial charge < -0.3 is 30.3 Å². The zero-order chi connectivity index (χ0) is 26.3. The first-order valence-electron chi connectivity index (χ1n) is 12.6. The van der Waals surface area contributed by atoms with Crippen molar-refractivity contribution < 1.29 is 27.4 Å². The number of morpholine rings is 1. The standard InChI is InChI=1S/C25H33F3N6O3/c1-2-17-13-18(21-15-29-8-12-37-21)5-6-20(17)32-24-31-14-19(25(26,27)28)23(33-24)30-7-3-9-34-10-4-11-36-16-22(34)35/h5-6,13-14,21,29H,2-4,7-12,15-16H2,1H3,(H2,30,31,32,33). The number of aryl methyl sites for hydroxylation is 1. The molecule has 2 aliphatic heterocycles. The van der Waals surface area contributed by atoms with Crippen molar-refractivity contribution >= 4 is 23.4 Å². The van der Waals surface area contributed by atoms with E-state index >= 15 is 0 Å². The minimum Gasteiger partial charge on any atom is -0.372 e. The number of hydrogen-bond donors (Lipinski definition) is 3. The molecule has 202 valence electrons. The molecule has 1 aromatic carbocycles. The fourth-order valence-electron chi connectivity index (χ4n) is 4.36. The summed E-state index contributed by atoms with van der Waals surface area (Å²) in [6, 6.07) is 5.86. The van der Waals surface area contributed by atoms with Crippen LogP contribution in [0.25, 0.3) is 0 Å². The van der Waals surface area contributed by atoms with Gasteiger partial charge in [-0.1, -0.05) is 19.1 Å². The molecule has 0 saturated carbocycles. The summed E-state index contributed by atoms with van der Waals surface area (Å²) in [4.78, 5) is 21.8. The van der Waals surface area contributed by atoms with Gasteiger partial charge in [-0.25, -0.2) is 4.98 Å². The number of amides is 1. The van der Waals surface area contributed by atoms with E-state index in [2.05, 4.69) is 25.9 Å². The summed E-state index contributed by atoms with van der Waals surface area (Å²) in [6.07, 6.45) is -1.94. The van der Waals surface area contributed by atoms with Gasteiger partial charge in [0.15, 0.2) is 0 Å². The number of rotatable bonds is 9. The van der Waals surface area contributed by atoms with Crippen LogP contribution >= 0.6 is 0 Å². The molecule has 1 amide bonds. The molecule has 0 radical (unpaired) electrons. The summed E-state index contributed by atoms with van der Waals surface area (Å²) in [5, 5.41) is 9.18. The molecule has 9 nitrogen and oxygen atoms in total. The number of anilines is 3. The quantitative estimate of drug-likeness (QED) is 0.431. The Morgan fingerprint density at radius 1 is 1.27 bits per heavy atom. The van der Waals surface area contributed by atoms with Crippen molar-refractivity contribution in [1.29, 1.82) is 0 Å². The van der Waals surface area contributed by atoms with Crippen LogP contribution in [-0.4, -0.2) is 73.3 Å². The van der Waals surface area contributed by atoms with Crippen molar-refractivity contribution in [2.24, 2.45) is 0 Å². The Labute approximate surface area is 214 Å². The number of carbonyl (C=O) groups excluding carboxylic acids is 1. The second-order valence-electron chi connectivity index (χ2n) is 8.98. The van der Waals surface area contributed by atoms with Gasteiger partial charge in [0.1, 0.15) is 18.0 Å². The molecule has 12 heteroatoms. The van der Waals surface area contributed by atoms with Crippen LogP contribution in [0.1, 0.15) is 42.6 Å². The van der Waals surface area contributed by atoms with Gasteiger partial charge in [0.25, 0.3) is 0 Å². The first-order valence-corrected chi connectivity index (χ1v) is 12.6. The maximum absolute atomic E-state index is 13.6. The third-order valence-electron chi connectivity index (χ3n) is 6.34. The highest BCUT2D eigenvalue weighted by atomic mass is 19.4. The van der Waals surface area contributed by atoms with Gasteiger partial charge in [-0.05, 0) is 36.5 Å². The smallest absolute Gasteiger partial charge is 0.372 e. The molecule has 37 heavy (non-hydrogen) atoms. The lowest BCUT2D eigenvalue weighted by molar-refractivity contribution is -0.137. The Bertz CT molecular complexity index is 1060. The molecule has 0 bridgehead atoms. The lowest BCUT2D eigenvalue weighted by Gasteiger charge is -2.25. The maximum Gasteiger partial charge on any atom is 0.421 e. The van der Waals surface area contributed by atoms with Crippen molar-refractivity contribution in [2.75, 3.05) is 63.2 Å². The van der Waals surface area contributed by atoms with Crippen LogP contribution in [0.3, 0.4) is 0 Å². The molecule has 0 aliphatic carbocycles. The summed E-state index contributed by atoms with van der Waals surface area (Å²) >= 11 is 0. The van der Waals surface area contributed by atoms with Crippen molar-refractivity contribution in [1.82, 2.24) is 20.2 Å². The molecule has 1 unspecified atom stereocenters. The number of nitrogens with zero attached hydrogens (tertiary/aromatic N) is 3. The van der Waals surface area contributed by atoms with E-state index in [1.807, 2.05) is 25.1 Å². The van der Waals surface area contributed by atoms with Crippen molar-refractivity contribution in [3.63, 3.8) is 0 Å². The average Bonchev–Trinajstić information content (AvgIpc) is 3.10. The van der Waals surface area contributed by atoms with Gasteiger partial charge in [0.2, 0.25) is 11.9 Å². The highest BCUT2D eigenvalue weighted by Crippen LogP contribution is 2.34. The molecule has 0 spiro atoms. The van der Waals surface area contributed by atoms with Crippen molar-refractivity contribution in [3.05, 3.63) is 41.1 Å². The van der Waals surface area contributed by atoms with E-state index in [0.29, 0.717) is 39.1 Å². The minimum absolute atomic E-state index is 0.0386. The third kappa shape index (κ3) is 7.30. The van der Waals surface area contributed by atoms with Crippen LogP contribution in [0.2, 0.25) is 0 Å². The van der Waals surface area contributed by atoms with E-state index in [1.165, 1.54) is 0 Å². The van der Waals surface area contributed by atoms with Gasteiger partial charge in [-0.15, -0.1) is 0 Å². The first-order chi connectivity index (χ1) is 17.8. The Kier molecular flexibility index (Phi) is 9.17. The van der Waals surface area contributed by atoms with Crippen molar-refractivity contribution in [3.8, 4) is 0 Å². The molecule has 4 rings (SSSR count). The Hall–Kier alpha value is -2.96. The SMILES string of the molecule is CCc1cc(C2CNCCO2)ccc1Nc1ncc(C(F)(F)F)c(NCCCN2CCCOCC2=O)n1. The Morgan fingerprint density at radius 2 is 2.14 bits per heavy atom. The maximum atomic E-state index is 13.6. The van der Waals surface area contributed by atoms with E-state index in [4.69, 9.17) is 9.47 Å². The number of carbonyl (C=O) groups is 1. The largest absolute Gasteiger partial charge is 0.421 e. The van der Waals surface area contributed by atoms with Crippen LogP contribution < -0.4 is 16.0 Å². The van der Waals surface area contributed by atoms with E-state index in [0.717, 1.165) is 42.5 Å². The molecule has 1 aromatic heterocycles. The van der Waals surface area contributed by atoms with E-state index in [1.54, 1.807) is 4.90 Å². The Morgan fingerprint density at radius 3 is 2.89 bits per heavy atom. The first kappa shape index (κ1) is 27.1. The average molecular weight is 523 g/mol. The second-order valence-corrected chi connectivity index (χ2v) is 8.98. The number of hydrogen-bond acceptors (Lipinski definition) is 8. The van der Waals surface area contributed by atoms with Gasteiger partial charge in [0.05, 0.1) is 12.7 Å². The molecule has 2 fully saturated rings. The topological polar surface area (TPSA) is 101 Å². The number of aromatic nitrogens is 2. The number of nitrogens with one attached hydrogen (secondary N) is 3. The number of halogens is 3. The fourth-order valence-corrected chi connectivity index (χ4v) is 4.36. The molecular weight excluding hydrogens is 489 g/mol. The molecule has 2 aromatic rings. The summed E-state index contributed by atoms with van der Waals surface area (Å²) < 4.78 is 51.9. The van der Waals surface area contributed by atoms with Crippen LogP contribution in [0.4, 0.5) is 30.6 Å².